The maximum atomic E-state index is 11.1. The van der Waals surface area contributed by atoms with E-state index in [0.29, 0.717) is 21.5 Å². The summed E-state index contributed by atoms with van der Waals surface area (Å²) in [5, 5.41) is 16.1. The molecule has 0 amide bonds. The number of nitrogens with one attached hydrogen (secondary N) is 1. The first kappa shape index (κ1) is 12.7. The number of aryl methyl sites for hydroxylation is 1. The van der Waals surface area contributed by atoms with Crippen LogP contribution in [0, 0.1) is 17.0 Å². The Hall–Kier alpha value is -1.73. The standard InChI is InChI=1S/C10H9ClN4O2S/c1-5-8(15(16)17)7(14-10(12-2)13-5)9-6(11)3-4-18-9/h3-4H,1-2H3,(H,12,13,14). The van der Waals surface area contributed by atoms with Crippen molar-refractivity contribution in [1.82, 2.24) is 9.97 Å². The van der Waals surface area contributed by atoms with Crippen LogP contribution in [0.5, 0.6) is 0 Å². The van der Waals surface area contributed by atoms with Gasteiger partial charge in [0.05, 0.1) is 14.8 Å². The van der Waals surface area contributed by atoms with Crippen molar-refractivity contribution in [3.8, 4) is 10.6 Å². The van der Waals surface area contributed by atoms with Gasteiger partial charge in [0, 0.05) is 7.05 Å². The lowest BCUT2D eigenvalue weighted by Gasteiger charge is -2.06. The van der Waals surface area contributed by atoms with Crippen LogP contribution in [0.15, 0.2) is 11.4 Å². The van der Waals surface area contributed by atoms with E-state index in [1.807, 2.05) is 0 Å². The summed E-state index contributed by atoms with van der Waals surface area (Å²) in [5.74, 6) is 0.331. The molecule has 0 saturated heterocycles. The predicted octanol–water partition coefficient (Wildman–Crippen LogP) is 3.12. The monoisotopic (exact) mass is 284 g/mol. The van der Waals surface area contributed by atoms with E-state index >= 15 is 0 Å². The molecule has 0 radical (unpaired) electrons. The summed E-state index contributed by atoms with van der Waals surface area (Å²) < 4.78 is 0. The second kappa shape index (κ2) is 4.87. The van der Waals surface area contributed by atoms with Gasteiger partial charge in [-0.2, -0.15) is 0 Å². The van der Waals surface area contributed by atoms with Crippen LogP contribution in [0.4, 0.5) is 11.6 Å². The zero-order chi connectivity index (χ0) is 13.3. The van der Waals surface area contributed by atoms with Gasteiger partial charge >= 0.3 is 5.69 Å². The summed E-state index contributed by atoms with van der Waals surface area (Å²) in [4.78, 5) is 19.4. The average molecular weight is 285 g/mol. The Morgan fingerprint density at radius 1 is 1.50 bits per heavy atom. The van der Waals surface area contributed by atoms with Crippen molar-refractivity contribution in [2.75, 3.05) is 12.4 Å². The molecule has 2 heterocycles. The highest BCUT2D eigenvalue weighted by molar-refractivity contribution is 7.14. The Bertz CT molecular complexity index is 614. The van der Waals surface area contributed by atoms with Crippen LogP contribution in [-0.2, 0) is 0 Å². The van der Waals surface area contributed by atoms with E-state index < -0.39 is 4.92 Å². The van der Waals surface area contributed by atoms with Gasteiger partial charge in [-0.1, -0.05) is 11.6 Å². The van der Waals surface area contributed by atoms with Crippen molar-refractivity contribution >= 4 is 34.6 Å². The Balaban J connectivity index is 2.74. The normalized spacial score (nSPS) is 10.4. The number of thiophene rings is 1. The Kier molecular flexibility index (Phi) is 3.44. The van der Waals surface area contributed by atoms with Gasteiger partial charge in [0.2, 0.25) is 5.95 Å². The van der Waals surface area contributed by atoms with E-state index in [2.05, 4.69) is 15.3 Å². The first-order chi connectivity index (χ1) is 8.54. The smallest absolute Gasteiger partial charge is 0.317 e. The van der Waals surface area contributed by atoms with Crippen LogP contribution in [0.3, 0.4) is 0 Å². The molecule has 0 aromatic carbocycles. The van der Waals surface area contributed by atoms with E-state index in [1.54, 1.807) is 25.4 Å². The van der Waals surface area contributed by atoms with Crippen molar-refractivity contribution in [1.29, 1.82) is 0 Å². The summed E-state index contributed by atoms with van der Waals surface area (Å²) in [6.45, 7) is 1.58. The summed E-state index contributed by atoms with van der Waals surface area (Å²) in [6.07, 6.45) is 0. The molecule has 94 valence electrons. The average Bonchev–Trinajstić information content (AvgIpc) is 2.73. The number of nitrogens with zero attached hydrogens (tertiary/aromatic N) is 3. The van der Waals surface area contributed by atoms with Crippen molar-refractivity contribution in [2.24, 2.45) is 0 Å². The van der Waals surface area contributed by atoms with Crippen molar-refractivity contribution in [3.05, 3.63) is 32.3 Å². The van der Waals surface area contributed by atoms with Gasteiger partial charge in [0.25, 0.3) is 0 Å². The molecule has 2 aromatic rings. The van der Waals surface area contributed by atoms with Gasteiger partial charge in [0.1, 0.15) is 5.69 Å². The highest BCUT2D eigenvalue weighted by Gasteiger charge is 2.25. The highest BCUT2D eigenvalue weighted by atomic mass is 35.5. The van der Waals surface area contributed by atoms with Crippen LogP contribution in [0.25, 0.3) is 10.6 Å². The van der Waals surface area contributed by atoms with E-state index in [4.69, 9.17) is 11.6 Å². The summed E-state index contributed by atoms with van der Waals surface area (Å²) in [7, 11) is 1.65. The van der Waals surface area contributed by atoms with Gasteiger partial charge in [-0.3, -0.25) is 10.1 Å². The maximum Gasteiger partial charge on any atom is 0.317 e. The lowest BCUT2D eigenvalue weighted by atomic mass is 10.2. The molecular weight excluding hydrogens is 276 g/mol. The van der Waals surface area contributed by atoms with Crippen molar-refractivity contribution < 1.29 is 4.92 Å². The molecular formula is C10H9ClN4O2S. The lowest BCUT2D eigenvalue weighted by Crippen LogP contribution is -2.04. The molecule has 0 aliphatic rings. The SMILES string of the molecule is CNc1nc(C)c([N+](=O)[O-])c(-c2sccc2Cl)n1. The number of hydrogen-bond acceptors (Lipinski definition) is 6. The van der Waals surface area contributed by atoms with E-state index in [9.17, 15) is 10.1 Å². The van der Waals surface area contributed by atoms with Crippen LogP contribution in [0.1, 0.15) is 5.69 Å². The van der Waals surface area contributed by atoms with Gasteiger partial charge in [-0.15, -0.1) is 11.3 Å². The van der Waals surface area contributed by atoms with Crippen molar-refractivity contribution in [3.63, 3.8) is 0 Å². The summed E-state index contributed by atoms with van der Waals surface area (Å²) in [5.41, 5.74) is 0.439. The Labute approximate surface area is 112 Å². The second-order valence-corrected chi connectivity index (χ2v) is 4.76. The minimum atomic E-state index is -0.486. The highest BCUT2D eigenvalue weighted by Crippen LogP contribution is 2.38. The molecule has 6 nitrogen and oxygen atoms in total. The number of anilines is 1. The molecule has 0 fully saturated rings. The third-order valence-corrected chi connectivity index (χ3v) is 3.64. The minimum absolute atomic E-state index is 0.113. The first-order valence-corrected chi connectivity index (χ1v) is 6.24. The number of rotatable bonds is 3. The van der Waals surface area contributed by atoms with E-state index in [1.165, 1.54) is 11.3 Å². The summed E-state index contributed by atoms with van der Waals surface area (Å²) in [6, 6.07) is 1.68. The van der Waals surface area contributed by atoms with Gasteiger partial charge < -0.3 is 5.32 Å². The zero-order valence-corrected chi connectivity index (χ0v) is 11.2. The molecule has 18 heavy (non-hydrogen) atoms. The molecule has 0 saturated carbocycles. The number of aromatic nitrogens is 2. The van der Waals surface area contributed by atoms with Gasteiger partial charge in [-0.05, 0) is 18.4 Å². The van der Waals surface area contributed by atoms with Crippen LogP contribution in [-0.4, -0.2) is 21.9 Å². The molecule has 1 N–H and O–H groups in total. The number of hydrogen-bond donors (Lipinski definition) is 1. The fraction of sp³-hybridized carbons (Fsp3) is 0.200. The molecule has 8 heteroatoms. The molecule has 0 aliphatic heterocycles. The van der Waals surface area contributed by atoms with E-state index in [0.717, 1.165) is 0 Å². The summed E-state index contributed by atoms with van der Waals surface area (Å²) >= 11 is 7.31. The molecule has 2 aromatic heterocycles. The predicted molar refractivity (Wildman–Crippen MR) is 71.3 cm³/mol. The first-order valence-electron chi connectivity index (χ1n) is 4.98. The van der Waals surface area contributed by atoms with Crippen LogP contribution < -0.4 is 5.32 Å². The minimum Gasteiger partial charge on any atom is -0.357 e. The second-order valence-electron chi connectivity index (χ2n) is 3.43. The number of halogens is 1. The van der Waals surface area contributed by atoms with Crippen LogP contribution in [0.2, 0.25) is 5.02 Å². The largest absolute Gasteiger partial charge is 0.357 e. The molecule has 0 atom stereocenters. The Morgan fingerprint density at radius 2 is 2.22 bits per heavy atom. The van der Waals surface area contributed by atoms with E-state index in [-0.39, 0.29) is 11.4 Å². The third kappa shape index (κ3) is 2.14. The molecule has 0 aliphatic carbocycles. The quantitative estimate of drug-likeness (QED) is 0.692. The molecule has 0 bridgehead atoms. The fourth-order valence-corrected chi connectivity index (χ4v) is 2.65. The molecule has 0 unspecified atom stereocenters. The zero-order valence-electron chi connectivity index (χ0n) is 9.60. The molecule has 0 spiro atoms. The van der Waals surface area contributed by atoms with Crippen LogP contribution >= 0.6 is 22.9 Å². The maximum absolute atomic E-state index is 11.1. The lowest BCUT2D eigenvalue weighted by molar-refractivity contribution is -0.385. The fourth-order valence-electron chi connectivity index (χ4n) is 1.52. The molecule has 2 rings (SSSR count). The van der Waals surface area contributed by atoms with Crippen molar-refractivity contribution in [2.45, 2.75) is 6.92 Å². The van der Waals surface area contributed by atoms with Gasteiger partial charge in [0.15, 0.2) is 5.69 Å². The number of nitro groups is 1. The van der Waals surface area contributed by atoms with Gasteiger partial charge in [-0.25, -0.2) is 9.97 Å². The third-order valence-electron chi connectivity index (χ3n) is 2.30. The Morgan fingerprint density at radius 3 is 2.72 bits per heavy atom. The topological polar surface area (TPSA) is 81.0 Å².